The minimum Gasteiger partial charge on any atom is -0.300 e. The number of ketones is 4. The Balaban J connectivity index is 0.000000380. The summed E-state index contributed by atoms with van der Waals surface area (Å²) in [6, 6.07) is 13.7. The summed E-state index contributed by atoms with van der Waals surface area (Å²) in [4.78, 5) is 47.4. The van der Waals surface area contributed by atoms with Gasteiger partial charge in [-0.3, -0.25) is 19.2 Å². The highest BCUT2D eigenvalue weighted by Crippen LogP contribution is 2.36. The van der Waals surface area contributed by atoms with Crippen LogP contribution in [-0.2, 0) is 16.0 Å². The predicted octanol–water partition coefficient (Wildman–Crippen LogP) is 7.32. The summed E-state index contributed by atoms with van der Waals surface area (Å²) in [5, 5.41) is 0. The van der Waals surface area contributed by atoms with E-state index in [4.69, 9.17) is 0 Å². The van der Waals surface area contributed by atoms with Gasteiger partial charge in [0, 0.05) is 23.5 Å². The first-order chi connectivity index (χ1) is 17.1. The zero-order valence-electron chi connectivity index (χ0n) is 22.9. The summed E-state index contributed by atoms with van der Waals surface area (Å²) < 4.78 is 0. The van der Waals surface area contributed by atoms with Crippen LogP contribution in [0.15, 0.2) is 42.5 Å². The fourth-order valence-corrected chi connectivity index (χ4v) is 5.56. The molecule has 1 aliphatic carbocycles. The molecule has 3 atom stereocenters. The molecule has 4 heteroatoms. The number of hydrogen-bond acceptors (Lipinski definition) is 4. The molecule has 3 unspecified atom stereocenters. The molecule has 4 nitrogen and oxygen atoms in total. The number of hydrogen-bond donors (Lipinski definition) is 0. The van der Waals surface area contributed by atoms with E-state index in [-0.39, 0.29) is 41.4 Å². The highest BCUT2D eigenvalue weighted by Gasteiger charge is 2.32. The number of Topliss-reactive ketones (excluding diaryl/α,β-unsaturated/α-hetero) is 4. The molecule has 0 saturated heterocycles. The molecular formula is C32H42O4. The van der Waals surface area contributed by atoms with Crippen molar-refractivity contribution in [2.75, 3.05) is 0 Å². The molecule has 0 fully saturated rings. The Morgan fingerprint density at radius 1 is 0.972 bits per heavy atom. The summed E-state index contributed by atoms with van der Waals surface area (Å²) in [5.41, 5.74) is 5.06. The lowest BCUT2D eigenvalue weighted by atomic mass is 9.72. The lowest BCUT2D eigenvalue weighted by Crippen LogP contribution is -2.29. The summed E-state index contributed by atoms with van der Waals surface area (Å²) in [6.45, 7) is 11.2. The van der Waals surface area contributed by atoms with Crippen LogP contribution < -0.4 is 0 Å². The van der Waals surface area contributed by atoms with Crippen molar-refractivity contribution in [3.05, 3.63) is 70.3 Å². The Kier molecular flexibility index (Phi) is 11.4. The molecule has 0 bridgehead atoms. The van der Waals surface area contributed by atoms with Crippen molar-refractivity contribution in [2.24, 2.45) is 17.8 Å². The molecule has 0 N–H and O–H groups in total. The molecule has 1 aliphatic rings. The first-order valence-corrected chi connectivity index (χ1v) is 13.3. The maximum Gasteiger partial charge on any atom is 0.163 e. The van der Waals surface area contributed by atoms with E-state index in [2.05, 4.69) is 13.0 Å². The van der Waals surface area contributed by atoms with Crippen molar-refractivity contribution >= 4 is 23.1 Å². The lowest BCUT2D eigenvalue weighted by Gasteiger charge is -2.31. The fourth-order valence-electron chi connectivity index (χ4n) is 5.56. The Bertz CT molecular complexity index is 1080. The lowest BCUT2D eigenvalue weighted by molar-refractivity contribution is -0.129. The maximum atomic E-state index is 12.7. The average molecular weight is 491 g/mol. The molecule has 0 heterocycles. The average Bonchev–Trinajstić information content (AvgIpc) is 2.79. The highest BCUT2D eigenvalue weighted by atomic mass is 16.1. The van der Waals surface area contributed by atoms with E-state index in [1.54, 1.807) is 6.92 Å². The number of aryl methyl sites for hydroxylation is 2. The molecule has 194 valence electrons. The van der Waals surface area contributed by atoms with Crippen LogP contribution in [0.25, 0.3) is 0 Å². The van der Waals surface area contributed by atoms with E-state index >= 15 is 0 Å². The number of benzene rings is 2. The van der Waals surface area contributed by atoms with E-state index < -0.39 is 0 Å². The Hall–Kier alpha value is -2.88. The van der Waals surface area contributed by atoms with Gasteiger partial charge in [0.05, 0.1) is 6.42 Å². The first-order valence-electron chi connectivity index (χ1n) is 13.3. The minimum absolute atomic E-state index is 0.0460. The van der Waals surface area contributed by atoms with Gasteiger partial charge >= 0.3 is 0 Å². The highest BCUT2D eigenvalue weighted by molar-refractivity contribution is 6.00. The zero-order valence-corrected chi connectivity index (χ0v) is 22.9. The van der Waals surface area contributed by atoms with Crippen LogP contribution in [-0.4, -0.2) is 23.1 Å². The Labute approximate surface area is 216 Å². The second-order valence-corrected chi connectivity index (χ2v) is 10.4. The Morgan fingerprint density at radius 2 is 1.67 bits per heavy atom. The molecule has 2 aromatic rings. The topological polar surface area (TPSA) is 68.3 Å². The van der Waals surface area contributed by atoms with E-state index in [9.17, 15) is 19.2 Å². The molecule has 3 rings (SSSR count). The Morgan fingerprint density at radius 3 is 2.22 bits per heavy atom. The van der Waals surface area contributed by atoms with Gasteiger partial charge in [-0.1, -0.05) is 68.7 Å². The molecule has 0 aromatic heterocycles. The van der Waals surface area contributed by atoms with Crippen molar-refractivity contribution in [1.29, 1.82) is 0 Å². The third-order valence-corrected chi connectivity index (χ3v) is 7.19. The summed E-state index contributed by atoms with van der Waals surface area (Å²) >= 11 is 0. The van der Waals surface area contributed by atoms with Gasteiger partial charge in [0.2, 0.25) is 0 Å². The summed E-state index contributed by atoms with van der Waals surface area (Å²) in [6.07, 6.45) is 5.21. The third-order valence-electron chi connectivity index (χ3n) is 7.19. The SMILES string of the molecule is CC(=O)c1cccc(C)c1.CCCC(CC1CC(=O)c2c(C)cccc2C1)C(CC)C(=O)CC(C)=O. The summed E-state index contributed by atoms with van der Waals surface area (Å²) in [7, 11) is 0. The minimum atomic E-state index is -0.0622. The van der Waals surface area contributed by atoms with Crippen molar-refractivity contribution in [3.8, 4) is 0 Å². The molecular weight excluding hydrogens is 448 g/mol. The van der Waals surface area contributed by atoms with Crippen LogP contribution in [0.5, 0.6) is 0 Å². The van der Waals surface area contributed by atoms with Gasteiger partial charge in [0.1, 0.15) is 11.6 Å². The van der Waals surface area contributed by atoms with E-state index in [1.807, 2.05) is 57.2 Å². The van der Waals surface area contributed by atoms with Crippen molar-refractivity contribution in [2.45, 2.75) is 86.5 Å². The second-order valence-electron chi connectivity index (χ2n) is 10.4. The molecule has 36 heavy (non-hydrogen) atoms. The monoisotopic (exact) mass is 490 g/mol. The largest absolute Gasteiger partial charge is 0.300 e. The molecule has 0 radical (unpaired) electrons. The number of rotatable bonds is 10. The molecule has 0 amide bonds. The van der Waals surface area contributed by atoms with Gasteiger partial charge in [0.25, 0.3) is 0 Å². The van der Waals surface area contributed by atoms with Gasteiger partial charge in [-0.2, -0.15) is 0 Å². The maximum absolute atomic E-state index is 12.7. The van der Waals surface area contributed by atoms with Gasteiger partial charge in [0.15, 0.2) is 11.6 Å². The summed E-state index contributed by atoms with van der Waals surface area (Å²) in [5.74, 6) is 0.899. The quantitative estimate of drug-likeness (QED) is 0.258. The van der Waals surface area contributed by atoms with E-state index in [0.29, 0.717) is 12.3 Å². The van der Waals surface area contributed by atoms with Crippen LogP contribution in [0, 0.1) is 31.6 Å². The van der Waals surface area contributed by atoms with Crippen LogP contribution in [0.1, 0.15) is 104 Å². The van der Waals surface area contributed by atoms with Gasteiger partial charge < -0.3 is 0 Å². The van der Waals surface area contributed by atoms with Crippen LogP contribution in [0.2, 0.25) is 0 Å². The van der Waals surface area contributed by atoms with Crippen molar-refractivity contribution in [1.82, 2.24) is 0 Å². The van der Waals surface area contributed by atoms with E-state index in [0.717, 1.165) is 59.9 Å². The van der Waals surface area contributed by atoms with Crippen LogP contribution in [0.3, 0.4) is 0 Å². The van der Waals surface area contributed by atoms with Crippen LogP contribution in [0.4, 0.5) is 0 Å². The zero-order chi connectivity index (χ0) is 26.8. The smallest absolute Gasteiger partial charge is 0.163 e. The van der Waals surface area contributed by atoms with Gasteiger partial charge in [-0.15, -0.1) is 0 Å². The molecule has 2 aromatic carbocycles. The molecule has 0 saturated carbocycles. The van der Waals surface area contributed by atoms with Crippen molar-refractivity contribution < 1.29 is 19.2 Å². The van der Waals surface area contributed by atoms with Crippen LogP contribution >= 0.6 is 0 Å². The number of carbonyl (C=O) groups is 4. The molecule has 0 aliphatic heterocycles. The fraction of sp³-hybridized carbons (Fsp3) is 0.500. The number of carbonyl (C=O) groups excluding carboxylic acids is 4. The van der Waals surface area contributed by atoms with Gasteiger partial charge in [-0.25, -0.2) is 0 Å². The predicted molar refractivity (Wildman–Crippen MR) is 146 cm³/mol. The number of fused-ring (bicyclic) bond motifs is 1. The first kappa shape index (κ1) is 29.4. The molecule has 0 spiro atoms. The second kappa shape index (κ2) is 14.0. The third kappa shape index (κ3) is 8.36. The standard InChI is InChI=1S/C23H32O3.C9H10O/c1-5-8-18(20(6-2)21(25)11-16(4)24)12-17-13-19-10-7-9-15(3)23(19)22(26)14-17;1-7-4-3-5-9(6-7)8(2)10/h7,9-10,17-18,20H,5-6,8,11-14H2,1-4H3;3-6H,1-2H3. The van der Waals surface area contributed by atoms with E-state index in [1.165, 1.54) is 6.92 Å². The van der Waals surface area contributed by atoms with Gasteiger partial charge in [-0.05, 0) is 76.0 Å². The van der Waals surface area contributed by atoms with Crippen molar-refractivity contribution in [3.63, 3.8) is 0 Å². The normalized spacial score (nSPS) is 16.3.